The molecule has 0 amide bonds. The quantitative estimate of drug-likeness (QED) is 0.351. The number of rotatable bonds is 6. The fourth-order valence-corrected chi connectivity index (χ4v) is 0.798. The number of hydrogen-bond donors (Lipinski definition) is 2. The van der Waals surface area contributed by atoms with Crippen LogP contribution in [0.4, 0.5) is 4.39 Å². The van der Waals surface area contributed by atoms with Gasteiger partial charge in [0.15, 0.2) is 0 Å². The van der Waals surface area contributed by atoms with Gasteiger partial charge in [0.05, 0.1) is 0 Å². The second-order valence-corrected chi connectivity index (χ2v) is 2.68. The van der Waals surface area contributed by atoms with Crippen molar-refractivity contribution in [2.45, 2.75) is 32.4 Å². The zero-order valence-electron chi connectivity index (χ0n) is 7.07. The molecule has 0 aliphatic heterocycles. The van der Waals surface area contributed by atoms with Crippen LogP contribution in [0.3, 0.4) is 0 Å². The lowest BCUT2D eigenvalue weighted by molar-refractivity contribution is 0.305. The summed E-state index contributed by atoms with van der Waals surface area (Å²) in [6, 6.07) is 0. The summed E-state index contributed by atoms with van der Waals surface area (Å²) in [6.45, 7) is 6.16. The summed E-state index contributed by atoms with van der Waals surface area (Å²) in [5.74, 6) is 5.06. The molecule has 2 nitrogen and oxygen atoms in total. The van der Waals surface area contributed by atoms with Crippen molar-refractivity contribution in [1.82, 2.24) is 5.43 Å². The van der Waals surface area contributed by atoms with Crippen LogP contribution in [0.25, 0.3) is 0 Å². The van der Waals surface area contributed by atoms with Gasteiger partial charge in [-0.1, -0.05) is 19.1 Å². The van der Waals surface area contributed by atoms with Gasteiger partial charge in [-0.25, -0.2) is 4.39 Å². The third-order valence-corrected chi connectivity index (χ3v) is 1.61. The Kier molecular flexibility index (Phi) is 6.07. The van der Waals surface area contributed by atoms with Crippen molar-refractivity contribution in [1.29, 1.82) is 0 Å². The molecule has 0 fully saturated rings. The van der Waals surface area contributed by atoms with E-state index in [0.717, 1.165) is 12.0 Å². The molecule has 0 aromatic carbocycles. The molecule has 3 heteroatoms. The molecule has 66 valence electrons. The average molecular weight is 160 g/mol. The number of hydrazine groups is 1. The molecule has 3 N–H and O–H groups in total. The van der Waals surface area contributed by atoms with Crippen LogP contribution < -0.4 is 11.3 Å². The summed E-state index contributed by atoms with van der Waals surface area (Å²) in [6.07, 6.45) is 1.18. The summed E-state index contributed by atoms with van der Waals surface area (Å²) in [5.41, 5.74) is 3.45. The van der Waals surface area contributed by atoms with Crippen molar-refractivity contribution in [3.8, 4) is 0 Å². The van der Waals surface area contributed by atoms with Crippen LogP contribution in [0.2, 0.25) is 0 Å². The molecule has 0 radical (unpaired) electrons. The number of hydrogen-bond acceptors (Lipinski definition) is 2. The van der Waals surface area contributed by atoms with E-state index in [1.165, 1.54) is 0 Å². The molecule has 0 heterocycles. The van der Waals surface area contributed by atoms with Crippen LogP contribution in [0, 0.1) is 0 Å². The van der Waals surface area contributed by atoms with E-state index in [2.05, 4.69) is 12.0 Å². The maximum Gasteiger partial charge on any atom is 0.100 e. The maximum atomic E-state index is 12.6. The largest absolute Gasteiger partial charge is 0.271 e. The van der Waals surface area contributed by atoms with Gasteiger partial charge in [0.2, 0.25) is 0 Å². The Morgan fingerprint density at radius 3 is 2.82 bits per heavy atom. The van der Waals surface area contributed by atoms with Crippen LogP contribution in [0.5, 0.6) is 0 Å². The van der Waals surface area contributed by atoms with Gasteiger partial charge in [-0.05, 0) is 19.3 Å². The molecular formula is C8H17FN2. The summed E-state index contributed by atoms with van der Waals surface area (Å²) >= 11 is 0. The molecule has 0 aromatic heterocycles. The monoisotopic (exact) mass is 160 g/mol. The summed E-state index contributed by atoms with van der Waals surface area (Å²) in [7, 11) is 0. The standard InChI is InChI=1S/C8H17FN2/c1-3-8(9)5-4-7(2)6-11-10/h8,11H,2-6,10H2,1H3/t8-/m1/s1. The van der Waals surface area contributed by atoms with E-state index < -0.39 is 6.17 Å². The van der Waals surface area contributed by atoms with Crippen molar-refractivity contribution >= 4 is 0 Å². The second kappa shape index (κ2) is 6.31. The van der Waals surface area contributed by atoms with E-state index in [4.69, 9.17) is 5.84 Å². The predicted octanol–water partition coefficient (Wildman–Crippen LogP) is 1.53. The number of alkyl halides is 1. The molecular weight excluding hydrogens is 143 g/mol. The van der Waals surface area contributed by atoms with Crippen molar-refractivity contribution in [2.24, 2.45) is 5.84 Å². The van der Waals surface area contributed by atoms with Crippen LogP contribution in [-0.2, 0) is 0 Å². The fraction of sp³-hybridized carbons (Fsp3) is 0.750. The lowest BCUT2D eigenvalue weighted by atomic mass is 10.1. The van der Waals surface area contributed by atoms with Crippen LogP contribution >= 0.6 is 0 Å². The normalized spacial score (nSPS) is 13.0. The lowest BCUT2D eigenvalue weighted by Gasteiger charge is -2.06. The molecule has 11 heavy (non-hydrogen) atoms. The van der Waals surface area contributed by atoms with E-state index in [1.54, 1.807) is 0 Å². The number of halogens is 1. The number of nitrogens with one attached hydrogen (secondary N) is 1. The molecule has 0 saturated heterocycles. The van der Waals surface area contributed by atoms with E-state index in [9.17, 15) is 4.39 Å². The molecule has 0 rings (SSSR count). The molecule has 0 bridgehead atoms. The lowest BCUT2D eigenvalue weighted by Crippen LogP contribution is -2.24. The second-order valence-electron chi connectivity index (χ2n) is 2.68. The zero-order valence-corrected chi connectivity index (χ0v) is 7.07. The van der Waals surface area contributed by atoms with Gasteiger partial charge in [-0.2, -0.15) is 0 Å². The molecule has 0 aliphatic carbocycles. The molecule has 0 aliphatic rings. The summed E-state index contributed by atoms with van der Waals surface area (Å²) < 4.78 is 12.6. The topological polar surface area (TPSA) is 38.0 Å². The predicted molar refractivity (Wildman–Crippen MR) is 45.8 cm³/mol. The van der Waals surface area contributed by atoms with Gasteiger partial charge < -0.3 is 0 Å². The first-order valence-corrected chi connectivity index (χ1v) is 3.94. The van der Waals surface area contributed by atoms with Crippen LogP contribution in [-0.4, -0.2) is 12.7 Å². The van der Waals surface area contributed by atoms with Crippen molar-refractivity contribution < 1.29 is 4.39 Å². The Morgan fingerprint density at radius 2 is 2.36 bits per heavy atom. The van der Waals surface area contributed by atoms with Gasteiger partial charge in [0.1, 0.15) is 6.17 Å². The van der Waals surface area contributed by atoms with E-state index >= 15 is 0 Å². The maximum absolute atomic E-state index is 12.6. The van der Waals surface area contributed by atoms with Gasteiger partial charge in [-0.3, -0.25) is 11.3 Å². The first-order valence-electron chi connectivity index (χ1n) is 3.94. The van der Waals surface area contributed by atoms with Crippen LogP contribution in [0.1, 0.15) is 26.2 Å². The molecule has 0 spiro atoms. The van der Waals surface area contributed by atoms with E-state index in [1.807, 2.05) is 6.92 Å². The molecule has 1 atom stereocenters. The first kappa shape index (κ1) is 10.6. The highest BCUT2D eigenvalue weighted by Crippen LogP contribution is 2.09. The minimum atomic E-state index is -0.690. The van der Waals surface area contributed by atoms with Gasteiger partial charge in [0.25, 0.3) is 0 Å². The van der Waals surface area contributed by atoms with E-state index in [-0.39, 0.29) is 0 Å². The van der Waals surface area contributed by atoms with Crippen molar-refractivity contribution in [3.63, 3.8) is 0 Å². The van der Waals surface area contributed by atoms with Crippen molar-refractivity contribution in [2.75, 3.05) is 6.54 Å². The molecule has 0 saturated carbocycles. The highest BCUT2D eigenvalue weighted by atomic mass is 19.1. The third-order valence-electron chi connectivity index (χ3n) is 1.61. The SMILES string of the molecule is C=C(CC[C@H](F)CC)CNN. The Hall–Kier alpha value is -0.410. The Balaban J connectivity index is 3.30. The van der Waals surface area contributed by atoms with Gasteiger partial charge in [0, 0.05) is 6.54 Å². The Bertz CT molecular complexity index is 115. The third kappa shape index (κ3) is 6.01. The van der Waals surface area contributed by atoms with Gasteiger partial charge in [-0.15, -0.1) is 0 Å². The molecule has 0 unspecified atom stereocenters. The van der Waals surface area contributed by atoms with Crippen LogP contribution in [0.15, 0.2) is 12.2 Å². The molecule has 0 aromatic rings. The average Bonchev–Trinajstić information content (AvgIpc) is 2.01. The minimum Gasteiger partial charge on any atom is -0.271 e. The Morgan fingerprint density at radius 1 is 1.73 bits per heavy atom. The smallest absolute Gasteiger partial charge is 0.100 e. The van der Waals surface area contributed by atoms with Crippen molar-refractivity contribution in [3.05, 3.63) is 12.2 Å². The Labute approximate surface area is 67.6 Å². The van der Waals surface area contributed by atoms with E-state index in [0.29, 0.717) is 19.4 Å². The summed E-state index contributed by atoms with van der Waals surface area (Å²) in [4.78, 5) is 0. The van der Waals surface area contributed by atoms with Gasteiger partial charge >= 0.3 is 0 Å². The first-order chi connectivity index (χ1) is 5.20. The zero-order chi connectivity index (χ0) is 8.69. The fourth-order valence-electron chi connectivity index (χ4n) is 0.798. The summed E-state index contributed by atoms with van der Waals surface area (Å²) in [5, 5.41) is 0. The highest BCUT2D eigenvalue weighted by Gasteiger charge is 2.03. The highest BCUT2D eigenvalue weighted by molar-refractivity contribution is 4.96. The minimum absolute atomic E-state index is 0.566. The number of nitrogens with two attached hydrogens (primary N) is 1.